The van der Waals surface area contributed by atoms with E-state index < -0.39 is 0 Å². The van der Waals surface area contributed by atoms with Crippen LogP contribution in [-0.2, 0) is 10.2 Å². The van der Waals surface area contributed by atoms with E-state index in [1.54, 1.807) is 0 Å². The maximum absolute atomic E-state index is 12.0. The lowest BCUT2D eigenvalue weighted by Gasteiger charge is -2.23. The van der Waals surface area contributed by atoms with Gasteiger partial charge in [0.15, 0.2) is 0 Å². The molecular formula is C18H28N2O2. The second-order valence-corrected chi connectivity index (χ2v) is 6.91. The second kappa shape index (κ2) is 7.63. The number of piperidine rings is 1. The Balaban J connectivity index is 1.78. The molecule has 1 heterocycles. The molecule has 0 spiro atoms. The molecular weight excluding hydrogens is 276 g/mol. The molecule has 0 aromatic heterocycles. The first-order valence-electron chi connectivity index (χ1n) is 8.19. The van der Waals surface area contributed by atoms with Gasteiger partial charge in [-0.1, -0.05) is 39.0 Å². The normalized spacial score (nSPS) is 16.3. The minimum atomic E-state index is 0.0505. The summed E-state index contributed by atoms with van der Waals surface area (Å²) >= 11 is 0. The lowest BCUT2D eigenvalue weighted by molar-refractivity contribution is -0.125. The van der Waals surface area contributed by atoms with Gasteiger partial charge in [-0.15, -0.1) is 0 Å². The van der Waals surface area contributed by atoms with Gasteiger partial charge in [-0.25, -0.2) is 0 Å². The Kier molecular flexibility index (Phi) is 5.83. The summed E-state index contributed by atoms with van der Waals surface area (Å²) in [6.45, 7) is 9.46. The Morgan fingerprint density at radius 3 is 2.64 bits per heavy atom. The Hall–Kier alpha value is -1.55. The molecule has 1 saturated heterocycles. The van der Waals surface area contributed by atoms with Gasteiger partial charge < -0.3 is 15.4 Å². The number of ether oxygens (including phenoxy) is 1. The molecule has 4 heteroatoms. The van der Waals surface area contributed by atoms with Gasteiger partial charge in [-0.3, -0.25) is 4.79 Å². The molecule has 0 saturated carbocycles. The van der Waals surface area contributed by atoms with E-state index in [1.165, 1.54) is 5.56 Å². The van der Waals surface area contributed by atoms with Crippen molar-refractivity contribution in [2.45, 2.75) is 39.0 Å². The van der Waals surface area contributed by atoms with Gasteiger partial charge in [0.2, 0.25) is 5.91 Å². The van der Waals surface area contributed by atoms with Crippen molar-refractivity contribution in [3.05, 3.63) is 29.8 Å². The Bertz CT molecular complexity index is 488. The average molecular weight is 304 g/mol. The van der Waals surface area contributed by atoms with Gasteiger partial charge in [0.1, 0.15) is 12.4 Å². The maximum Gasteiger partial charge on any atom is 0.223 e. The number of benzene rings is 1. The number of hydrogen-bond donors (Lipinski definition) is 2. The number of hydrogen-bond acceptors (Lipinski definition) is 3. The van der Waals surface area contributed by atoms with Crippen molar-refractivity contribution in [2.24, 2.45) is 5.92 Å². The van der Waals surface area contributed by atoms with E-state index in [4.69, 9.17) is 4.74 Å². The molecule has 1 aromatic rings. The van der Waals surface area contributed by atoms with Gasteiger partial charge >= 0.3 is 0 Å². The molecule has 2 rings (SSSR count). The SMILES string of the molecule is CC(C)(C)c1ccccc1OCCNC(=O)C1CCNCC1. The standard InChI is InChI=1S/C18H28N2O2/c1-18(2,3)15-6-4-5-7-16(15)22-13-12-20-17(21)14-8-10-19-11-9-14/h4-7,14,19H,8-13H2,1-3H3,(H,20,21). The summed E-state index contributed by atoms with van der Waals surface area (Å²) in [5.74, 6) is 1.23. The van der Waals surface area contributed by atoms with Crippen LogP contribution < -0.4 is 15.4 Å². The van der Waals surface area contributed by atoms with Gasteiger partial charge in [0.05, 0.1) is 6.54 Å². The molecule has 122 valence electrons. The number of carbonyl (C=O) groups is 1. The van der Waals surface area contributed by atoms with E-state index in [0.29, 0.717) is 13.2 Å². The number of rotatable bonds is 5. The second-order valence-electron chi connectivity index (χ2n) is 6.91. The van der Waals surface area contributed by atoms with E-state index in [1.807, 2.05) is 18.2 Å². The third-order valence-electron chi connectivity index (χ3n) is 4.06. The molecule has 0 atom stereocenters. The van der Waals surface area contributed by atoms with Crippen molar-refractivity contribution < 1.29 is 9.53 Å². The molecule has 1 amide bonds. The zero-order chi connectivity index (χ0) is 16.0. The number of carbonyl (C=O) groups excluding carboxylic acids is 1. The molecule has 0 bridgehead atoms. The van der Waals surface area contributed by atoms with E-state index in [2.05, 4.69) is 37.5 Å². The smallest absolute Gasteiger partial charge is 0.223 e. The van der Waals surface area contributed by atoms with E-state index in [9.17, 15) is 4.79 Å². The predicted octanol–water partition coefficient (Wildman–Crippen LogP) is 2.48. The first-order chi connectivity index (χ1) is 10.5. The molecule has 2 N–H and O–H groups in total. The fraction of sp³-hybridized carbons (Fsp3) is 0.611. The monoisotopic (exact) mass is 304 g/mol. The van der Waals surface area contributed by atoms with Crippen molar-refractivity contribution >= 4 is 5.91 Å². The minimum absolute atomic E-state index is 0.0505. The third kappa shape index (κ3) is 4.73. The number of para-hydroxylation sites is 1. The summed E-state index contributed by atoms with van der Waals surface area (Å²) < 4.78 is 5.87. The Morgan fingerprint density at radius 1 is 1.27 bits per heavy atom. The van der Waals surface area contributed by atoms with E-state index >= 15 is 0 Å². The molecule has 22 heavy (non-hydrogen) atoms. The van der Waals surface area contributed by atoms with Crippen LogP contribution in [0.5, 0.6) is 5.75 Å². The molecule has 0 aliphatic carbocycles. The Morgan fingerprint density at radius 2 is 1.95 bits per heavy atom. The highest BCUT2D eigenvalue weighted by atomic mass is 16.5. The summed E-state index contributed by atoms with van der Waals surface area (Å²) in [5, 5.41) is 6.26. The molecule has 0 radical (unpaired) electrons. The first-order valence-corrected chi connectivity index (χ1v) is 8.19. The lowest BCUT2D eigenvalue weighted by atomic mass is 9.86. The molecule has 4 nitrogen and oxygen atoms in total. The highest BCUT2D eigenvalue weighted by Gasteiger charge is 2.21. The van der Waals surface area contributed by atoms with Crippen molar-refractivity contribution in [1.29, 1.82) is 0 Å². The number of nitrogens with one attached hydrogen (secondary N) is 2. The van der Waals surface area contributed by atoms with Crippen LogP contribution in [-0.4, -0.2) is 32.1 Å². The topological polar surface area (TPSA) is 50.4 Å². The summed E-state index contributed by atoms with van der Waals surface area (Å²) in [6, 6.07) is 8.11. The lowest BCUT2D eigenvalue weighted by Crippen LogP contribution is -2.39. The molecule has 1 aliphatic rings. The van der Waals surface area contributed by atoms with Crippen molar-refractivity contribution in [2.75, 3.05) is 26.2 Å². The third-order valence-corrected chi connectivity index (χ3v) is 4.06. The van der Waals surface area contributed by atoms with Crippen molar-refractivity contribution in [3.8, 4) is 5.75 Å². The average Bonchev–Trinajstić information content (AvgIpc) is 2.51. The van der Waals surface area contributed by atoms with E-state index in [0.717, 1.165) is 31.7 Å². The van der Waals surface area contributed by atoms with Crippen molar-refractivity contribution in [3.63, 3.8) is 0 Å². The fourth-order valence-corrected chi connectivity index (χ4v) is 2.78. The molecule has 1 aromatic carbocycles. The largest absolute Gasteiger partial charge is 0.491 e. The summed E-state index contributed by atoms with van der Waals surface area (Å²) in [4.78, 5) is 12.0. The van der Waals surface area contributed by atoms with Crippen LogP contribution in [0.2, 0.25) is 0 Å². The highest BCUT2D eigenvalue weighted by molar-refractivity contribution is 5.78. The molecule has 1 fully saturated rings. The van der Waals surface area contributed by atoms with Gasteiger partial charge in [-0.05, 0) is 43.0 Å². The number of amides is 1. The first kappa shape index (κ1) is 16.8. The minimum Gasteiger partial charge on any atom is -0.491 e. The van der Waals surface area contributed by atoms with Gasteiger partial charge in [0.25, 0.3) is 0 Å². The van der Waals surface area contributed by atoms with Crippen molar-refractivity contribution in [1.82, 2.24) is 10.6 Å². The molecule has 0 unspecified atom stereocenters. The van der Waals surface area contributed by atoms with Crippen LogP contribution >= 0.6 is 0 Å². The zero-order valence-electron chi connectivity index (χ0n) is 13.9. The summed E-state index contributed by atoms with van der Waals surface area (Å²) in [7, 11) is 0. The quantitative estimate of drug-likeness (QED) is 0.822. The van der Waals surface area contributed by atoms with Crippen LogP contribution in [0.1, 0.15) is 39.2 Å². The van der Waals surface area contributed by atoms with Crippen LogP contribution in [0.25, 0.3) is 0 Å². The summed E-state index contributed by atoms with van der Waals surface area (Å²) in [6.07, 6.45) is 1.86. The maximum atomic E-state index is 12.0. The van der Waals surface area contributed by atoms with Crippen LogP contribution in [0.15, 0.2) is 24.3 Å². The van der Waals surface area contributed by atoms with Gasteiger partial charge in [-0.2, -0.15) is 0 Å². The summed E-state index contributed by atoms with van der Waals surface area (Å²) in [5.41, 5.74) is 1.24. The van der Waals surface area contributed by atoms with Crippen LogP contribution in [0.3, 0.4) is 0 Å². The zero-order valence-corrected chi connectivity index (χ0v) is 13.9. The van der Waals surface area contributed by atoms with Gasteiger partial charge in [0, 0.05) is 5.92 Å². The molecule has 1 aliphatic heterocycles. The van der Waals surface area contributed by atoms with E-state index in [-0.39, 0.29) is 17.2 Å². The predicted molar refractivity (Wildman–Crippen MR) is 89.2 cm³/mol. The fourth-order valence-electron chi connectivity index (χ4n) is 2.78. The van der Waals surface area contributed by atoms with Crippen LogP contribution in [0, 0.1) is 5.92 Å². The van der Waals surface area contributed by atoms with Crippen LogP contribution in [0.4, 0.5) is 0 Å². The Labute approximate surface area is 133 Å². The highest BCUT2D eigenvalue weighted by Crippen LogP contribution is 2.30.